The van der Waals surface area contributed by atoms with Crippen LogP contribution in [0.5, 0.6) is 5.75 Å². The Kier molecular flexibility index (Phi) is 4.78. The van der Waals surface area contributed by atoms with Gasteiger partial charge in [-0.15, -0.1) is 0 Å². The molecule has 9 nitrogen and oxygen atoms in total. The van der Waals surface area contributed by atoms with E-state index in [1.165, 1.54) is 17.0 Å². The Morgan fingerprint density at radius 1 is 1.27 bits per heavy atom. The maximum absolute atomic E-state index is 12.9. The Bertz CT molecular complexity index is 855. The number of amides is 2. The average molecular weight is 356 g/mol. The van der Waals surface area contributed by atoms with Gasteiger partial charge in [0.15, 0.2) is 5.75 Å². The minimum atomic E-state index is -0.888. The third-order valence-electron chi connectivity index (χ3n) is 3.91. The number of fused-ring (bicyclic) bond motifs is 1. The van der Waals surface area contributed by atoms with Gasteiger partial charge in [0.05, 0.1) is 0 Å². The Morgan fingerprint density at radius 3 is 2.65 bits per heavy atom. The fourth-order valence-corrected chi connectivity index (χ4v) is 2.70. The number of aromatic nitrogens is 1. The number of pyridine rings is 1. The highest BCUT2D eigenvalue weighted by Crippen LogP contribution is 2.38. The van der Waals surface area contributed by atoms with Crippen LogP contribution in [0.3, 0.4) is 0 Å². The van der Waals surface area contributed by atoms with Crippen molar-refractivity contribution in [1.82, 2.24) is 4.98 Å². The minimum Gasteiger partial charge on any atom is -0.469 e. The maximum atomic E-state index is 12.9. The van der Waals surface area contributed by atoms with E-state index in [-0.39, 0.29) is 24.5 Å². The molecule has 2 heterocycles. The van der Waals surface area contributed by atoms with Gasteiger partial charge in [0.1, 0.15) is 0 Å². The predicted molar refractivity (Wildman–Crippen MR) is 91.5 cm³/mol. The number of nitrogens with zero attached hydrogens (tertiary/aromatic N) is 3. The number of hydrogen-bond acceptors (Lipinski definition) is 6. The lowest BCUT2D eigenvalue weighted by molar-refractivity contribution is -0.389. The van der Waals surface area contributed by atoms with Crippen molar-refractivity contribution in [2.45, 2.75) is 18.9 Å². The van der Waals surface area contributed by atoms with Gasteiger partial charge in [0, 0.05) is 24.6 Å². The largest absolute Gasteiger partial charge is 0.469 e. The van der Waals surface area contributed by atoms with Gasteiger partial charge in [-0.1, -0.05) is 30.3 Å². The van der Waals surface area contributed by atoms with E-state index in [4.69, 9.17) is 10.5 Å². The number of primary amides is 1. The zero-order valence-electron chi connectivity index (χ0n) is 13.7. The molecule has 2 amide bonds. The van der Waals surface area contributed by atoms with E-state index >= 15 is 0 Å². The highest BCUT2D eigenvalue weighted by molar-refractivity contribution is 5.99. The lowest BCUT2D eigenvalue weighted by Crippen LogP contribution is -2.42. The lowest BCUT2D eigenvalue weighted by atomic mass is 10.1. The summed E-state index contributed by atoms with van der Waals surface area (Å²) in [6, 6.07) is 11.5. The van der Waals surface area contributed by atoms with E-state index in [1.807, 2.05) is 6.07 Å². The molecule has 0 fully saturated rings. The Labute approximate surface area is 148 Å². The summed E-state index contributed by atoms with van der Waals surface area (Å²) >= 11 is 0. The van der Waals surface area contributed by atoms with Crippen LogP contribution in [-0.2, 0) is 9.59 Å². The zero-order chi connectivity index (χ0) is 18.7. The summed E-state index contributed by atoms with van der Waals surface area (Å²) in [5.74, 6) is -0.944. The molecule has 134 valence electrons. The first kappa shape index (κ1) is 17.3. The predicted octanol–water partition coefficient (Wildman–Crippen LogP) is 1.72. The maximum Gasteiger partial charge on any atom is 0.366 e. The van der Waals surface area contributed by atoms with E-state index < -0.39 is 28.7 Å². The summed E-state index contributed by atoms with van der Waals surface area (Å²) in [5, 5.41) is 11.0. The SMILES string of the molecule is NC(=O)CCCN1C(=O)C(c2ccccc2)Oc2ccc([N+](=O)[O-])nc21. The summed E-state index contributed by atoms with van der Waals surface area (Å²) in [5.41, 5.74) is 5.80. The first-order chi connectivity index (χ1) is 12.5. The quantitative estimate of drug-likeness (QED) is 0.620. The fraction of sp³-hybridized carbons (Fsp3) is 0.235. The number of carbonyl (C=O) groups excluding carboxylic acids is 2. The monoisotopic (exact) mass is 356 g/mol. The normalized spacial score (nSPS) is 15.9. The van der Waals surface area contributed by atoms with Crippen molar-refractivity contribution in [3.63, 3.8) is 0 Å². The Hall–Kier alpha value is -3.49. The minimum absolute atomic E-state index is 0.0702. The first-order valence-corrected chi connectivity index (χ1v) is 7.94. The van der Waals surface area contributed by atoms with Crippen molar-refractivity contribution in [1.29, 1.82) is 0 Å². The van der Waals surface area contributed by atoms with E-state index in [1.54, 1.807) is 24.3 Å². The van der Waals surface area contributed by atoms with E-state index in [2.05, 4.69) is 4.98 Å². The Morgan fingerprint density at radius 2 is 2.00 bits per heavy atom. The van der Waals surface area contributed by atoms with Crippen LogP contribution in [0, 0.1) is 10.1 Å². The number of hydrogen-bond donors (Lipinski definition) is 1. The smallest absolute Gasteiger partial charge is 0.366 e. The molecule has 2 N–H and O–H groups in total. The lowest BCUT2D eigenvalue weighted by Gasteiger charge is -2.31. The van der Waals surface area contributed by atoms with Gasteiger partial charge < -0.3 is 20.6 Å². The summed E-state index contributed by atoms with van der Waals surface area (Å²) < 4.78 is 5.75. The molecule has 0 radical (unpaired) electrons. The summed E-state index contributed by atoms with van der Waals surface area (Å²) in [7, 11) is 0. The number of benzene rings is 1. The van der Waals surface area contributed by atoms with E-state index in [9.17, 15) is 19.7 Å². The number of ether oxygens (including phenoxy) is 1. The van der Waals surface area contributed by atoms with E-state index in [0.29, 0.717) is 12.0 Å². The highest BCUT2D eigenvalue weighted by Gasteiger charge is 2.39. The molecule has 0 aliphatic carbocycles. The Balaban J connectivity index is 1.98. The molecule has 1 unspecified atom stereocenters. The van der Waals surface area contributed by atoms with E-state index in [0.717, 1.165) is 0 Å². The topological polar surface area (TPSA) is 129 Å². The molecule has 1 atom stereocenters. The molecular formula is C17H16N4O5. The second-order valence-corrected chi connectivity index (χ2v) is 5.72. The number of nitrogens with two attached hydrogens (primary N) is 1. The zero-order valence-corrected chi connectivity index (χ0v) is 13.7. The van der Waals surface area contributed by atoms with Gasteiger partial charge in [-0.2, -0.15) is 0 Å². The second-order valence-electron chi connectivity index (χ2n) is 5.72. The summed E-state index contributed by atoms with van der Waals surface area (Å²) in [6.45, 7) is 0.148. The second kappa shape index (κ2) is 7.18. The molecule has 1 aliphatic rings. The molecule has 0 saturated carbocycles. The molecule has 3 rings (SSSR count). The number of carbonyl (C=O) groups is 2. The average Bonchev–Trinajstić information content (AvgIpc) is 2.63. The van der Waals surface area contributed by atoms with Crippen molar-refractivity contribution in [3.8, 4) is 5.75 Å². The van der Waals surface area contributed by atoms with Crippen LogP contribution in [0.15, 0.2) is 42.5 Å². The fourth-order valence-electron chi connectivity index (χ4n) is 2.70. The van der Waals surface area contributed by atoms with Crippen LogP contribution in [0.1, 0.15) is 24.5 Å². The van der Waals surface area contributed by atoms with Crippen molar-refractivity contribution < 1.29 is 19.2 Å². The van der Waals surface area contributed by atoms with Crippen LogP contribution in [0.2, 0.25) is 0 Å². The molecule has 0 spiro atoms. The van der Waals surface area contributed by atoms with Crippen LogP contribution in [0.25, 0.3) is 0 Å². The molecule has 26 heavy (non-hydrogen) atoms. The summed E-state index contributed by atoms with van der Waals surface area (Å²) in [6.07, 6.45) is -0.488. The van der Waals surface area contributed by atoms with Crippen molar-refractivity contribution in [2.75, 3.05) is 11.4 Å². The molecule has 2 aromatic rings. The van der Waals surface area contributed by atoms with Gasteiger partial charge >= 0.3 is 5.82 Å². The van der Waals surface area contributed by atoms with Crippen LogP contribution in [0.4, 0.5) is 11.6 Å². The first-order valence-electron chi connectivity index (χ1n) is 7.94. The molecule has 1 aliphatic heterocycles. The summed E-state index contributed by atoms with van der Waals surface area (Å²) in [4.78, 5) is 39.5. The number of rotatable bonds is 6. The van der Waals surface area contributed by atoms with Crippen molar-refractivity contribution in [2.24, 2.45) is 5.73 Å². The standard InChI is InChI=1S/C17H16N4O5/c18-13(22)7-4-10-20-16-12(8-9-14(19-16)21(24)25)26-15(17(20)23)11-5-2-1-3-6-11/h1-3,5-6,8-9,15H,4,7,10H2,(H2,18,22). The van der Waals surface area contributed by atoms with Gasteiger partial charge in [-0.25, -0.2) is 0 Å². The molecular weight excluding hydrogens is 340 g/mol. The highest BCUT2D eigenvalue weighted by atomic mass is 16.6. The molecule has 9 heteroatoms. The van der Waals surface area contributed by atoms with Crippen molar-refractivity contribution in [3.05, 3.63) is 58.1 Å². The van der Waals surface area contributed by atoms with Crippen LogP contribution in [-0.4, -0.2) is 28.3 Å². The molecule has 0 bridgehead atoms. The third-order valence-corrected chi connectivity index (χ3v) is 3.91. The number of anilines is 1. The van der Waals surface area contributed by atoms with Crippen LogP contribution < -0.4 is 15.4 Å². The number of nitro groups is 1. The van der Waals surface area contributed by atoms with Crippen LogP contribution >= 0.6 is 0 Å². The third kappa shape index (κ3) is 3.46. The van der Waals surface area contributed by atoms with Gasteiger partial charge in [-0.3, -0.25) is 14.5 Å². The molecule has 1 aromatic heterocycles. The van der Waals surface area contributed by atoms with Gasteiger partial charge in [-0.05, 0) is 22.4 Å². The van der Waals surface area contributed by atoms with Crippen molar-refractivity contribution >= 4 is 23.5 Å². The molecule has 0 saturated heterocycles. The van der Waals surface area contributed by atoms with Gasteiger partial charge in [0.25, 0.3) is 11.7 Å². The van der Waals surface area contributed by atoms with Gasteiger partial charge in [0.2, 0.25) is 12.0 Å². The molecule has 1 aromatic carbocycles.